The average molecular weight is 397 g/mol. The number of carbonyl (C=O) groups excluding carboxylic acids is 1. The van der Waals surface area contributed by atoms with Gasteiger partial charge in [-0.3, -0.25) is 4.79 Å². The van der Waals surface area contributed by atoms with Crippen LogP contribution in [0.25, 0.3) is 10.2 Å². The maximum absolute atomic E-state index is 14.1. The molecule has 3 aromatic rings. The van der Waals surface area contributed by atoms with Gasteiger partial charge in [0.2, 0.25) is 0 Å². The maximum Gasteiger partial charge on any atom is 0.289 e. The van der Waals surface area contributed by atoms with Crippen LogP contribution in [0.2, 0.25) is 0 Å². The van der Waals surface area contributed by atoms with Crippen LogP contribution in [0.1, 0.15) is 9.67 Å². The summed E-state index contributed by atoms with van der Waals surface area (Å²) < 4.78 is 17.4. The number of thiophene rings is 1. The highest BCUT2D eigenvalue weighted by Crippen LogP contribution is 2.23. The third-order valence-corrected chi connectivity index (χ3v) is 5.60. The third kappa shape index (κ3) is 2.84. The number of benzene rings is 1. The molecule has 0 saturated carbocycles. The van der Waals surface area contributed by atoms with Gasteiger partial charge < -0.3 is 4.57 Å². The summed E-state index contributed by atoms with van der Waals surface area (Å²) >= 11 is 5.93. The molecule has 0 atom stereocenters. The first-order valence-corrected chi connectivity index (χ1v) is 8.76. The summed E-state index contributed by atoms with van der Waals surface area (Å²) in [5, 5.41) is 0. The number of carbonyl (C=O) groups is 1. The van der Waals surface area contributed by atoms with Gasteiger partial charge in [0.25, 0.3) is 5.91 Å². The molecular weight excluding hydrogens is 387 g/mol. The van der Waals surface area contributed by atoms with Crippen molar-refractivity contribution in [1.82, 2.24) is 4.57 Å². The number of aromatic nitrogens is 1. The second kappa shape index (κ2) is 6.28. The largest absolute Gasteiger partial charge is 0.310 e. The van der Waals surface area contributed by atoms with Crippen LogP contribution in [0.5, 0.6) is 0 Å². The molecule has 0 bridgehead atoms. The van der Waals surface area contributed by atoms with Crippen molar-refractivity contribution >= 4 is 54.7 Å². The summed E-state index contributed by atoms with van der Waals surface area (Å²) in [6.45, 7) is 4.07. The number of halogens is 2. The maximum atomic E-state index is 14.1. The van der Waals surface area contributed by atoms with Gasteiger partial charge in [0.15, 0.2) is 4.80 Å². The minimum Gasteiger partial charge on any atom is -0.310 e. The molecule has 3 rings (SSSR count). The molecule has 112 valence electrons. The first-order valence-electron chi connectivity index (χ1n) is 6.33. The first-order chi connectivity index (χ1) is 10.6. The molecule has 0 unspecified atom stereocenters. The molecule has 22 heavy (non-hydrogen) atoms. The van der Waals surface area contributed by atoms with E-state index < -0.39 is 0 Å². The number of allylic oxidation sites excluding steroid dienone is 1. The molecular formula is C15H10BrFN2OS2. The molecule has 0 fully saturated rings. The van der Waals surface area contributed by atoms with Gasteiger partial charge in [-0.2, -0.15) is 4.99 Å². The molecule has 0 N–H and O–H groups in total. The predicted molar refractivity (Wildman–Crippen MR) is 91.9 cm³/mol. The van der Waals surface area contributed by atoms with Crippen LogP contribution in [0.4, 0.5) is 4.39 Å². The summed E-state index contributed by atoms with van der Waals surface area (Å²) in [7, 11) is 0. The van der Waals surface area contributed by atoms with Crippen molar-refractivity contribution in [2.45, 2.75) is 6.54 Å². The smallest absolute Gasteiger partial charge is 0.289 e. The summed E-state index contributed by atoms with van der Waals surface area (Å²) in [5.74, 6) is -0.663. The SMILES string of the molecule is C=CCn1c(=NC(=O)c2ccc(Br)s2)sc2cccc(F)c21. The number of amides is 1. The van der Waals surface area contributed by atoms with Gasteiger partial charge in [0.05, 0.1) is 18.9 Å². The molecule has 7 heteroatoms. The molecule has 1 amide bonds. The van der Waals surface area contributed by atoms with E-state index >= 15 is 0 Å². The molecule has 0 spiro atoms. The van der Waals surface area contributed by atoms with Crippen LogP contribution in [-0.4, -0.2) is 10.5 Å². The Balaban J connectivity index is 2.19. The zero-order valence-electron chi connectivity index (χ0n) is 11.3. The van der Waals surface area contributed by atoms with Crippen molar-refractivity contribution in [3.05, 3.63) is 62.3 Å². The Labute approximate surface area is 142 Å². The van der Waals surface area contributed by atoms with Gasteiger partial charge in [0, 0.05) is 6.54 Å². The molecule has 2 heterocycles. The van der Waals surface area contributed by atoms with Crippen molar-refractivity contribution in [1.29, 1.82) is 0 Å². The van der Waals surface area contributed by atoms with E-state index in [1.165, 1.54) is 28.7 Å². The number of rotatable bonds is 3. The molecule has 3 nitrogen and oxygen atoms in total. The monoisotopic (exact) mass is 396 g/mol. The average Bonchev–Trinajstić information content (AvgIpc) is 3.05. The lowest BCUT2D eigenvalue weighted by atomic mass is 10.3. The number of hydrogen-bond acceptors (Lipinski definition) is 3. The number of nitrogens with zero attached hydrogens (tertiary/aromatic N) is 2. The highest BCUT2D eigenvalue weighted by Gasteiger charge is 2.12. The van der Waals surface area contributed by atoms with E-state index in [9.17, 15) is 9.18 Å². The molecule has 0 aliphatic carbocycles. The molecule has 0 aliphatic rings. The fourth-order valence-corrected chi connectivity index (χ4v) is 4.36. The normalized spacial score (nSPS) is 12.0. The number of para-hydroxylation sites is 1. The van der Waals surface area contributed by atoms with E-state index in [0.29, 0.717) is 21.7 Å². The lowest BCUT2D eigenvalue weighted by Crippen LogP contribution is -2.16. The summed E-state index contributed by atoms with van der Waals surface area (Å²) in [6.07, 6.45) is 1.66. The van der Waals surface area contributed by atoms with Crippen LogP contribution >= 0.6 is 38.6 Å². The van der Waals surface area contributed by atoms with Crippen LogP contribution in [0.15, 0.2) is 51.8 Å². The quantitative estimate of drug-likeness (QED) is 0.595. The number of thiazole rings is 1. The Morgan fingerprint density at radius 3 is 2.86 bits per heavy atom. The van der Waals surface area contributed by atoms with Crippen molar-refractivity contribution in [2.24, 2.45) is 4.99 Å². The second-order valence-electron chi connectivity index (χ2n) is 4.39. The summed E-state index contributed by atoms with van der Waals surface area (Å²) in [5.41, 5.74) is 0.450. The fourth-order valence-electron chi connectivity index (χ4n) is 2.04. The van der Waals surface area contributed by atoms with Crippen molar-refractivity contribution < 1.29 is 9.18 Å². The van der Waals surface area contributed by atoms with Crippen LogP contribution in [-0.2, 0) is 6.54 Å². The molecule has 0 radical (unpaired) electrons. The van der Waals surface area contributed by atoms with E-state index in [4.69, 9.17) is 0 Å². The summed E-state index contributed by atoms with van der Waals surface area (Å²) in [4.78, 5) is 17.4. The Morgan fingerprint density at radius 1 is 1.36 bits per heavy atom. The topological polar surface area (TPSA) is 34.4 Å². The minimum absolute atomic E-state index is 0.330. The van der Waals surface area contributed by atoms with Crippen molar-refractivity contribution in [2.75, 3.05) is 0 Å². The lowest BCUT2D eigenvalue weighted by molar-refractivity contribution is 0.100. The number of hydrogen-bond donors (Lipinski definition) is 0. The first kappa shape index (κ1) is 15.3. The van der Waals surface area contributed by atoms with Crippen LogP contribution < -0.4 is 4.80 Å². The van der Waals surface area contributed by atoms with E-state index in [1.54, 1.807) is 28.8 Å². The highest BCUT2D eigenvalue weighted by molar-refractivity contribution is 9.11. The zero-order chi connectivity index (χ0) is 15.7. The summed E-state index contributed by atoms with van der Waals surface area (Å²) in [6, 6.07) is 8.38. The molecule has 2 aromatic heterocycles. The Bertz CT molecular complexity index is 939. The van der Waals surface area contributed by atoms with E-state index in [2.05, 4.69) is 27.5 Å². The highest BCUT2D eigenvalue weighted by atomic mass is 79.9. The van der Waals surface area contributed by atoms with Crippen LogP contribution in [0.3, 0.4) is 0 Å². The number of fused-ring (bicyclic) bond motifs is 1. The lowest BCUT2D eigenvalue weighted by Gasteiger charge is -2.01. The van der Waals surface area contributed by atoms with E-state index in [0.717, 1.165) is 8.49 Å². The van der Waals surface area contributed by atoms with Crippen molar-refractivity contribution in [3.8, 4) is 0 Å². The third-order valence-electron chi connectivity index (χ3n) is 2.94. The second-order valence-corrected chi connectivity index (χ2v) is 7.86. The van der Waals surface area contributed by atoms with E-state index in [1.807, 2.05) is 6.07 Å². The zero-order valence-corrected chi connectivity index (χ0v) is 14.5. The fraction of sp³-hybridized carbons (Fsp3) is 0.0667. The van der Waals surface area contributed by atoms with Gasteiger partial charge in [-0.25, -0.2) is 4.39 Å². The Hall–Kier alpha value is -1.57. The molecule has 0 saturated heterocycles. The van der Waals surface area contributed by atoms with E-state index in [-0.39, 0.29) is 11.7 Å². The minimum atomic E-state index is -0.333. The van der Waals surface area contributed by atoms with Gasteiger partial charge in [-0.05, 0) is 40.2 Å². The Morgan fingerprint density at radius 2 is 2.18 bits per heavy atom. The molecule has 0 aliphatic heterocycles. The van der Waals surface area contributed by atoms with Crippen molar-refractivity contribution in [3.63, 3.8) is 0 Å². The molecule has 1 aromatic carbocycles. The van der Waals surface area contributed by atoms with Gasteiger partial charge in [-0.15, -0.1) is 17.9 Å². The standard InChI is InChI=1S/C15H10BrFN2OS2/c1-2-8-19-13-9(17)4-3-5-10(13)22-15(19)18-14(20)11-6-7-12(16)21-11/h2-7H,1,8H2. The Kier molecular flexibility index (Phi) is 4.37. The predicted octanol–water partition coefficient (Wildman–Crippen LogP) is 4.59. The van der Waals surface area contributed by atoms with Crippen LogP contribution in [0, 0.1) is 5.82 Å². The van der Waals surface area contributed by atoms with Gasteiger partial charge in [-0.1, -0.05) is 23.5 Å². The van der Waals surface area contributed by atoms with Gasteiger partial charge in [0.1, 0.15) is 5.82 Å². The van der Waals surface area contributed by atoms with Gasteiger partial charge >= 0.3 is 0 Å².